The Balaban J connectivity index is 2.00. The summed E-state index contributed by atoms with van der Waals surface area (Å²) in [5, 5.41) is 13.0. The molecule has 4 heteroatoms. The van der Waals surface area contributed by atoms with E-state index >= 15 is 0 Å². The van der Waals surface area contributed by atoms with Crippen molar-refractivity contribution in [2.75, 3.05) is 7.11 Å². The molecule has 1 unspecified atom stereocenters. The number of benzene rings is 1. The van der Waals surface area contributed by atoms with E-state index in [0.717, 1.165) is 15.5 Å². The predicted octanol–water partition coefficient (Wildman–Crippen LogP) is 4.35. The van der Waals surface area contributed by atoms with Gasteiger partial charge in [-0.15, -0.1) is 29.1 Å². The summed E-state index contributed by atoms with van der Waals surface area (Å²) in [6.07, 6.45) is 5.65. The van der Waals surface area contributed by atoms with Crippen molar-refractivity contribution in [3.8, 4) is 27.8 Å². The highest BCUT2D eigenvalue weighted by Gasteiger charge is 2.31. The molecule has 0 aliphatic rings. The first-order chi connectivity index (χ1) is 10.7. The first kappa shape index (κ1) is 14.9. The fourth-order valence-corrected chi connectivity index (χ4v) is 4.13. The Kier molecular flexibility index (Phi) is 4.04. The summed E-state index contributed by atoms with van der Waals surface area (Å²) in [6, 6.07) is 15.1. The fraction of sp³-hybridized carbons (Fsp3) is 0.111. The molecule has 0 radical (unpaired) electrons. The normalized spacial score (nSPS) is 13.3. The number of hydrogen-bond acceptors (Lipinski definition) is 4. The highest BCUT2D eigenvalue weighted by molar-refractivity contribution is 7.21. The minimum atomic E-state index is -1.42. The van der Waals surface area contributed by atoms with Crippen molar-refractivity contribution in [3.63, 3.8) is 0 Å². The average Bonchev–Trinajstić information content (AvgIpc) is 3.25. The molecule has 1 N–H and O–H groups in total. The maximum absolute atomic E-state index is 11.0. The zero-order valence-electron chi connectivity index (χ0n) is 11.9. The molecule has 1 atom stereocenters. The van der Waals surface area contributed by atoms with Crippen molar-refractivity contribution in [2.45, 2.75) is 5.60 Å². The molecule has 2 aromatic heterocycles. The van der Waals surface area contributed by atoms with Crippen LogP contribution in [0.3, 0.4) is 0 Å². The molecule has 0 saturated heterocycles. The summed E-state index contributed by atoms with van der Waals surface area (Å²) in [4.78, 5) is 3.01. The Morgan fingerprint density at radius 3 is 2.45 bits per heavy atom. The molecule has 0 spiro atoms. The van der Waals surface area contributed by atoms with Gasteiger partial charge in [-0.25, -0.2) is 0 Å². The molecule has 1 aromatic carbocycles. The Morgan fingerprint density at radius 2 is 1.86 bits per heavy atom. The van der Waals surface area contributed by atoms with Gasteiger partial charge in [-0.05, 0) is 35.7 Å². The van der Waals surface area contributed by atoms with Crippen LogP contribution in [0.1, 0.15) is 10.4 Å². The zero-order valence-corrected chi connectivity index (χ0v) is 13.6. The summed E-state index contributed by atoms with van der Waals surface area (Å²) in [5.41, 5.74) is -0.762. The molecular formula is C18H14O2S2. The zero-order chi connectivity index (χ0) is 15.6. The standard InChI is InChI=1S/C18H14O2S2/c1-3-18(19,13-6-8-14(20-2)9-7-13)17-11-10-16(22-17)15-5-4-12-21-15/h1,4-12,19H,2H3. The van der Waals surface area contributed by atoms with Crippen LogP contribution in [0.4, 0.5) is 0 Å². The second-order valence-corrected chi connectivity index (χ2v) is 6.76. The maximum atomic E-state index is 11.0. The number of ether oxygens (including phenoxy) is 1. The van der Waals surface area contributed by atoms with E-state index in [0.29, 0.717) is 5.56 Å². The van der Waals surface area contributed by atoms with Crippen LogP contribution in [0.5, 0.6) is 5.75 Å². The van der Waals surface area contributed by atoms with Gasteiger partial charge >= 0.3 is 0 Å². The monoisotopic (exact) mass is 326 g/mol. The van der Waals surface area contributed by atoms with Crippen molar-refractivity contribution in [1.29, 1.82) is 0 Å². The number of terminal acetylenes is 1. The fourth-order valence-electron chi connectivity index (χ4n) is 2.21. The number of rotatable bonds is 4. The molecule has 3 aromatic rings. The molecule has 22 heavy (non-hydrogen) atoms. The van der Waals surface area contributed by atoms with E-state index in [2.05, 4.69) is 12.0 Å². The summed E-state index contributed by atoms with van der Waals surface area (Å²) in [5.74, 6) is 3.27. The lowest BCUT2D eigenvalue weighted by Gasteiger charge is -2.21. The minimum absolute atomic E-state index is 0.662. The molecule has 0 saturated carbocycles. The van der Waals surface area contributed by atoms with Gasteiger partial charge in [0.15, 0.2) is 5.60 Å². The largest absolute Gasteiger partial charge is 0.497 e. The number of thiophene rings is 2. The van der Waals surface area contributed by atoms with Gasteiger partial charge in [0.1, 0.15) is 5.75 Å². The van der Waals surface area contributed by atoms with Crippen molar-refractivity contribution < 1.29 is 9.84 Å². The first-order valence-electron chi connectivity index (χ1n) is 6.66. The Morgan fingerprint density at radius 1 is 1.09 bits per heavy atom. The topological polar surface area (TPSA) is 29.5 Å². The third-order valence-corrected chi connectivity index (χ3v) is 5.70. The van der Waals surface area contributed by atoms with E-state index in [9.17, 15) is 5.11 Å². The highest BCUT2D eigenvalue weighted by atomic mass is 32.1. The Labute approximate surface area is 137 Å². The lowest BCUT2D eigenvalue weighted by Crippen LogP contribution is -2.23. The van der Waals surface area contributed by atoms with E-state index in [1.54, 1.807) is 42.7 Å². The van der Waals surface area contributed by atoms with Gasteiger partial charge in [-0.1, -0.05) is 24.1 Å². The van der Waals surface area contributed by atoms with Crippen LogP contribution in [-0.2, 0) is 5.60 Å². The van der Waals surface area contributed by atoms with E-state index in [-0.39, 0.29) is 0 Å². The van der Waals surface area contributed by atoms with Crippen LogP contribution in [-0.4, -0.2) is 12.2 Å². The third kappa shape index (κ3) is 2.55. The number of aliphatic hydroxyl groups is 1. The quantitative estimate of drug-likeness (QED) is 0.722. The highest BCUT2D eigenvalue weighted by Crippen LogP contribution is 2.39. The van der Waals surface area contributed by atoms with Crippen molar-refractivity contribution in [2.24, 2.45) is 0 Å². The minimum Gasteiger partial charge on any atom is -0.497 e. The van der Waals surface area contributed by atoms with E-state index in [1.807, 2.05) is 23.6 Å². The lowest BCUT2D eigenvalue weighted by molar-refractivity contribution is 0.149. The second kappa shape index (κ2) is 5.98. The summed E-state index contributed by atoms with van der Waals surface area (Å²) >= 11 is 3.18. The molecule has 0 amide bonds. The van der Waals surface area contributed by atoms with E-state index in [1.165, 1.54) is 16.2 Å². The van der Waals surface area contributed by atoms with Gasteiger partial charge in [0.25, 0.3) is 0 Å². The van der Waals surface area contributed by atoms with Crippen LogP contribution < -0.4 is 4.74 Å². The van der Waals surface area contributed by atoms with Crippen LogP contribution >= 0.6 is 22.7 Å². The van der Waals surface area contributed by atoms with Crippen LogP contribution in [0.25, 0.3) is 9.75 Å². The van der Waals surface area contributed by atoms with E-state index < -0.39 is 5.60 Å². The third-order valence-electron chi connectivity index (χ3n) is 3.44. The predicted molar refractivity (Wildman–Crippen MR) is 92.5 cm³/mol. The van der Waals surface area contributed by atoms with E-state index in [4.69, 9.17) is 11.2 Å². The molecule has 110 valence electrons. The van der Waals surface area contributed by atoms with Crippen LogP contribution in [0.15, 0.2) is 53.9 Å². The maximum Gasteiger partial charge on any atom is 0.185 e. The van der Waals surface area contributed by atoms with Gasteiger partial charge in [0.05, 0.1) is 12.0 Å². The molecule has 0 bridgehead atoms. The molecular weight excluding hydrogens is 312 g/mol. The SMILES string of the molecule is C#CC(O)(c1ccc(OC)cc1)c1ccc(-c2cccs2)s1. The van der Waals surface area contributed by atoms with Crippen molar-refractivity contribution >= 4 is 22.7 Å². The van der Waals surface area contributed by atoms with Gasteiger partial charge in [0, 0.05) is 15.3 Å². The number of methoxy groups -OCH3 is 1. The van der Waals surface area contributed by atoms with Gasteiger partial charge in [-0.2, -0.15) is 0 Å². The Hall–Kier alpha value is -2.06. The smallest absolute Gasteiger partial charge is 0.185 e. The lowest BCUT2D eigenvalue weighted by atomic mass is 9.93. The molecule has 3 rings (SSSR count). The summed E-state index contributed by atoms with van der Waals surface area (Å²) < 4.78 is 5.14. The summed E-state index contributed by atoms with van der Waals surface area (Å²) in [7, 11) is 1.61. The Bertz CT molecular complexity index is 794. The van der Waals surface area contributed by atoms with Gasteiger partial charge in [0.2, 0.25) is 0 Å². The first-order valence-corrected chi connectivity index (χ1v) is 8.36. The summed E-state index contributed by atoms with van der Waals surface area (Å²) in [6.45, 7) is 0. The number of hydrogen-bond donors (Lipinski definition) is 1. The molecule has 2 nitrogen and oxygen atoms in total. The molecule has 0 aliphatic carbocycles. The van der Waals surface area contributed by atoms with Crippen molar-refractivity contribution in [3.05, 3.63) is 64.4 Å². The van der Waals surface area contributed by atoms with Crippen LogP contribution in [0, 0.1) is 12.3 Å². The van der Waals surface area contributed by atoms with Crippen LogP contribution in [0.2, 0.25) is 0 Å². The van der Waals surface area contributed by atoms with Crippen molar-refractivity contribution in [1.82, 2.24) is 0 Å². The second-order valence-electron chi connectivity index (χ2n) is 4.72. The van der Waals surface area contributed by atoms with Gasteiger partial charge < -0.3 is 9.84 Å². The van der Waals surface area contributed by atoms with Gasteiger partial charge in [-0.3, -0.25) is 0 Å². The average molecular weight is 326 g/mol. The molecule has 0 fully saturated rings. The molecule has 0 aliphatic heterocycles. The molecule has 2 heterocycles.